The number of amides is 1. The molecule has 0 aliphatic rings. The summed E-state index contributed by atoms with van der Waals surface area (Å²) in [6, 6.07) is 28.0. The van der Waals surface area contributed by atoms with E-state index in [4.69, 9.17) is 8.92 Å². The molecule has 0 heterocycles. The molecule has 1 atom stereocenters. The van der Waals surface area contributed by atoms with Gasteiger partial charge in [0.15, 0.2) is 0 Å². The highest BCUT2D eigenvalue weighted by atomic mass is 32.2. The van der Waals surface area contributed by atoms with Crippen LogP contribution < -0.4 is 14.8 Å². The number of hydrogen-bond donors (Lipinski definition) is 2. The third kappa shape index (κ3) is 5.51. The Bertz CT molecular complexity index is 1240. The van der Waals surface area contributed by atoms with Crippen LogP contribution in [0.2, 0.25) is 0 Å². The molecule has 162 valence electrons. The normalized spacial score (nSPS) is 11.7. The molecular formula is C25H22N2O4S. The lowest BCUT2D eigenvalue weighted by molar-refractivity contribution is -0.114. The minimum absolute atomic E-state index is 0.128. The van der Waals surface area contributed by atoms with Crippen molar-refractivity contribution in [2.24, 2.45) is 0 Å². The van der Waals surface area contributed by atoms with E-state index < -0.39 is 11.3 Å². The summed E-state index contributed by atoms with van der Waals surface area (Å²) in [6.07, 6.45) is 0. The lowest BCUT2D eigenvalue weighted by Gasteiger charge is -2.13. The first-order valence-electron chi connectivity index (χ1n) is 10.0. The first-order chi connectivity index (χ1) is 15.6. The lowest BCUT2D eigenvalue weighted by Crippen LogP contribution is -2.08. The molecule has 0 aliphatic carbocycles. The van der Waals surface area contributed by atoms with Gasteiger partial charge in [-0.25, -0.2) is 4.21 Å². The third-order valence-corrected chi connectivity index (χ3v) is 5.39. The van der Waals surface area contributed by atoms with Crippen LogP contribution in [0.4, 0.5) is 11.4 Å². The van der Waals surface area contributed by atoms with E-state index in [-0.39, 0.29) is 12.5 Å². The SMILES string of the molecule is CC(=O)Nc1ccc(Oc2ccc(NS(=O)OCc3ccccc3)cc2)c2ccccc12. The van der Waals surface area contributed by atoms with Crippen LogP contribution in [0.5, 0.6) is 11.5 Å². The predicted molar refractivity (Wildman–Crippen MR) is 128 cm³/mol. The fourth-order valence-electron chi connectivity index (χ4n) is 3.20. The molecule has 0 aromatic heterocycles. The van der Waals surface area contributed by atoms with Crippen molar-refractivity contribution in [3.8, 4) is 11.5 Å². The Hall–Kier alpha value is -3.68. The zero-order valence-corrected chi connectivity index (χ0v) is 18.2. The molecule has 2 N–H and O–H groups in total. The minimum atomic E-state index is -1.67. The van der Waals surface area contributed by atoms with E-state index in [2.05, 4.69) is 10.0 Å². The van der Waals surface area contributed by atoms with Crippen LogP contribution in [0, 0.1) is 0 Å². The van der Waals surface area contributed by atoms with Gasteiger partial charge in [-0.2, -0.15) is 0 Å². The molecule has 0 fully saturated rings. The Kier molecular flexibility index (Phi) is 6.79. The van der Waals surface area contributed by atoms with Gasteiger partial charge in [0, 0.05) is 29.1 Å². The van der Waals surface area contributed by atoms with Gasteiger partial charge in [0.05, 0.1) is 6.61 Å². The maximum absolute atomic E-state index is 12.1. The van der Waals surface area contributed by atoms with Gasteiger partial charge >= 0.3 is 0 Å². The van der Waals surface area contributed by atoms with E-state index in [0.717, 1.165) is 22.0 Å². The smallest absolute Gasteiger partial charge is 0.262 e. The number of benzene rings is 4. The van der Waals surface area contributed by atoms with E-state index >= 15 is 0 Å². The second kappa shape index (κ2) is 10.1. The van der Waals surface area contributed by atoms with Crippen molar-refractivity contribution >= 4 is 39.3 Å². The van der Waals surface area contributed by atoms with Gasteiger partial charge in [0.2, 0.25) is 5.91 Å². The number of hydrogen-bond acceptors (Lipinski definition) is 4. The van der Waals surface area contributed by atoms with Crippen molar-refractivity contribution in [3.05, 3.63) is 96.6 Å². The number of fused-ring (bicyclic) bond motifs is 1. The van der Waals surface area contributed by atoms with Crippen LogP contribution in [0.3, 0.4) is 0 Å². The van der Waals surface area contributed by atoms with E-state index in [1.165, 1.54) is 6.92 Å². The van der Waals surface area contributed by atoms with Gasteiger partial charge in [0.25, 0.3) is 11.3 Å². The van der Waals surface area contributed by atoms with Crippen molar-refractivity contribution in [2.75, 3.05) is 10.0 Å². The van der Waals surface area contributed by atoms with Crippen LogP contribution >= 0.6 is 0 Å². The standard InChI is InChI=1S/C25H22N2O4S/c1-18(28)26-24-15-16-25(23-10-6-5-9-22(23)24)31-21-13-11-20(12-14-21)27-32(29)30-17-19-7-3-2-4-8-19/h2-16,27H,17H2,1H3,(H,26,28). The first-order valence-corrected chi connectivity index (χ1v) is 11.1. The molecule has 7 heteroatoms. The summed E-state index contributed by atoms with van der Waals surface area (Å²) in [6.45, 7) is 1.73. The molecule has 4 aromatic rings. The summed E-state index contributed by atoms with van der Waals surface area (Å²) in [4.78, 5) is 11.5. The van der Waals surface area contributed by atoms with E-state index in [0.29, 0.717) is 17.2 Å². The monoisotopic (exact) mass is 446 g/mol. The second-order valence-corrected chi connectivity index (χ2v) is 7.96. The molecule has 0 saturated heterocycles. The quantitative estimate of drug-likeness (QED) is 0.359. The molecule has 6 nitrogen and oxygen atoms in total. The number of carbonyl (C=O) groups excluding carboxylic acids is 1. The highest BCUT2D eigenvalue weighted by Crippen LogP contribution is 2.34. The average Bonchev–Trinajstić information content (AvgIpc) is 2.81. The zero-order chi connectivity index (χ0) is 22.3. The highest BCUT2D eigenvalue weighted by Gasteiger charge is 2.09. The number of carbonyl (C=O) groups is 1. The lowest BCUT2D eigenvalue weighted by atomic mass is 10.1. The summed E-state index contributed by atoms with van der Waals surface area (Å²) in [5.74, 6) is 1.17. The maximum Gasteiger partial charge on any atom is 0.262 e. The molecule has 0 spiro atoms. The van der Waals surface area contributed by atoms with Crippen molar-refractivity contribution in [1.29, 1.82) is 0 Å². The Labute approximate surface area is 189 Å². The van der Waals surface area contributed by atoms with Crippen molar-refractivity contribution < 1.29 is 17.9 Å². The van der Waals surface area contributed by atoms with Crippen LogP contribution in [-0.2, 0) is 26.9 Å². The van der Waals surface area contributed by atoms with Gasteiger partial charge in [0.1, 0.15) is 11.5 Å². The fourth-order valence-corrected chi connectivity index (χ4v) is 3.83. The Morgan fingerprint density at radius 1 is 0.844 bits per heavy atom. The van der Waals surface area contributed by atoms with E-state index in [9.17, 15) is 9.00 Å². The van der Waals surface area contributed by atoms with Gasteiger partial charge in [-0.05, 0) is 42.0 Å². The summed E-state index contributed by atoms with van der Waals surface area (Å²) >= 11 is -1.67. The maximum atomic E-state index is 12.1. The van der Waals surface area contributed by atoms with Crippen LogP contribution in [0.1, 0.15) is 12.5 Å². The molecule has 0 bridgehead atoms. The van der Waals surface area contributed by atoms with Crippen molar-refractivity contribution in [3.63, 3.8) is 0 Å². The number of anilines is 2. The minimum Gasteiger partial charge on any atom is -0.457 e. The van der Waals surface area contributed by atoms with Crippen LogP contribution in [0.25, 0.3) is 10.8 Å². The van der Waals surface area contributed by atoms with E-state index in [1.54, 1.807) is 24.3 Å². The predicted octanol–water partition coefficient (Wildman–Crippen LogP) is 5.80. The van der Waals surface area contributed by atoms with Crippen LogP contribution in [-0.4, -0.2) is 10.1 Å². The van der Waals surface area contributed by atoms with Crippen LogP contribution in [0.15, 0.2) is 91.0 Å². The summed E-state index contributed by atoms with van der Waals surface area (Å²) in [7, 11) is 0. The Morgan fingerprint density at radius 3 is 2.25 bits per heavy atom. The van der Waals surface area contributed by atoms with Gasteiger partial charge in [-0.15, -0.1) is 0 Å². The number of ether oxygens (including phenoxy) is 1. The number of rotatable bonds is 8. The summed E-state index contributed by atoms with van der Waals surface area (Å²) in [5, 5.41) is 4.62. The molecule has 0 aliphatic heterocycles. The largest absolute Gasteiger partial charge is 0.457 e. The molecule has 0 radical (unpaired) electrons. The molecule has 4 rings (SSSR count). The molecule has 4 aromatic carbocycles. The molecular weight excluding hydrogens is 424 g/mol. The average molecular weight is 447 g/mol. The summed E-state index contributed by atoms with van der Waals surface area (Å²) < 4.78 is 26.4. The molecule has 1 amide bonds. The van der Waals surface area contributed by atoms with Crippen molar-refractivity contribution in [1.82, 2.24) is 0 Å². The zero-order valence-electron chi connectivity index (χ0n) is 17.4. The van der Waals surface area contributed by atoms with Gasteiger partial charge in [-0.1, -0.05) is 54.6 Å². The molecule has 32 heavy (non-hydrogen) atoms. The molecule has 1 unspecified atom stereocenters. The highest BCUT2D eigenvalue weighted by molar-refractivity contribution is 7.81. The number of nitrogens with one attached hydrogen (secondary N) is 2. The van der Waals surface area contributed by atoms with E-state index in [1.807, 2.05) is 66.7 Å². The third-order valence-electron chi connectivity index (χ3n) is 4.65. The first kappa shape index (κ1) is 21.5. The second-order valence-electron chi connectivity index (χ2n) is 7.05. The Balaban J connectivity index is 1.42. The fraction of sp³-hybridized carbons (Fsp3) is 0.0800. The Morgan fingerprint density at radius 2 is 1.53 bits per heavy atom. The van der Waals surface area contributed by atoms with Gasteiger partial charge < -0.3 is 10.1 Å². The molecule has 0 saturated carbocycles. The topological polar surface area (TPSA) is 76.7 Å². The van der Waals surface area contributed by atoms with Crippen molar-refractivity contribution in [2.45, 2.75) is 13.5 Å². The summed E-state index contributed by atoms with van der Waals surface area (Å²) in [5.41, 5.74) is 2.33. The van der Waals surface area contributed by atoms with Gasteiger partial charge in [-0.3, -0.25) is 13.7 Å².